The molecule has 2 amide bonds. The molecule has 1 aromatic carbocycles. The topological polar surface area (TPSA) is 75.4 Å². The van der Waals surface area contributed by atoms with Gasteiger partial charge in [-0.05, 0) is 30.9 Å². The fraction of sp³-hybridized carbons (Fsp3) is 0.467. The summed E-state index contributed by atoms with van der Waals surface area (Å²) in [6, 6.07) is 7.93. The Morgan fingerprint density at radius 1 is 1.30 bits per heavy atom. The lowest BCUT2D eigenvalue weighted by molar-refractivity contribution is -0.135. The number of hydrogen-bond donors (Lipinski definition) is 2. The van der Waals surface area contributed by atoms with Crippen LogP contribution in [-0.2, 0) is 16.0 Å². The van der Waals surface area contributed by atoms with Crippen LogP contribution in [0.5, 0.6) is 0 Å². The van der Waals surface area contributed by atoms with Crippen LogP contribution in [0, 0.1) is 12.8 Å². The first-order chi connectivity index (χ1) is 9.61. The molecule has 2 rings (SSSR count). The zero-order valence-corrected chi connectivity index (χ0v) is 11.8. The lowest BCUT2D eigenvalue weighted by Crippen LogP contribution is -2.45. The zero-order chi connectivity index (χ0) is 14.5. The maximum atomic E-state index is 12.3. The van der Waals surface area contributed by atoms with Gasteiger partial charge in [0.15, 0.2) is 0 Å². The SMILES string of the molecule is Cc1ccccc1CC(=O)N1CCC(C(=O)NN)CC1. The molecule has 5 nitrogen and oxygen atoms in total. The van der Waals surface area contributed by atoms with Crippen molar-refractivity contribution >= 4 is 11.8 Å². The fourth-order valence-corrected chi connectivity index (χ4v) is 2.59. The number of aryl methyl sites for hydroxylation is 1. The standard InChI is InChI=1S/C15H21N3O2/c1-11-4-2-3-5-13(11)10-14(19)18-8-6-12(7-9-18)15(20)17-16/h2-5,12H,6-10,16H2,1H3,(H,17,20). The van der Waals surface area contributed by atoms with E-state index in [2.05, 4.69) is 5.43 Å². The van der Waals surface area contributed by atoms with Crippen molar-refractivity contribution in [3.05, 3.63) is 35.4 Å². The summed E-state index contributed by atoms with van der Waals surface area (Å²) in [4.78, 5) is 25.5. The Kier molecular flexibility index (Phi) is 4.74. The van der Waals surface area contributed by atoms with Gasteiger partial charge in [0.2, 0.25) is 11.8 Å². The number of rotatable bonds is 3. The number of carbonyl (C=O) groups excluding carboxylic acids is 2. The Hall–Kier alpha value is -1.88. The van der Waals surface area contributed by atoms with Gasteiger partial charge in [-0.2, -0.15) is 0 Å². The van der Waals surface area contributed by atoms with Crippen molar-refractivity contribution in [2.45, 2.75) is 26.2 Å². The zero-order valence-electron chi connectivity index (χ0n) is 11.8. The molecule has 0 radical (unpaired) electrons. The summed E-state index contributed by atoms with van der Waals surface area (Å²) in [5, 5.41) is 0. The first-order valence-corrected chi connectivity index (χ1v) is 6.94. The number of nitrogens with zero attached hydrogens (tertiary/aromatic N) is 1. The molecule has 1 aliphatic heterocycles. The van der Waals surface area contributed by atoms with Gasteiger partial charge in [-0.3, -0.25) is 15.0 Å². The van der Waals surface area contributed by atoms with Gasteiger partial charge in [-0.25, -0.2) is 5.84 Å². The molecule has 3 N–H and O–H groups in total. The quantitative estimate of drug-likeness (QED) is 0.486. The lowest BCUT2D eigenvalue weighted by Gasteiger charge is -2.31. The van der Waals surface area contributed by atoms with E-state index in [-0.39, 0.29) is 17.7 Å². The van der Waals surface area contributed by atoms with Crippen LogP contribution >= 0.6 is 0 Å². The second-order valence-corrected chi connectivity index (χ2v) is 5.27. The van der Waals surface area contributed by atoms with Crippen LogP contribution in [0.4, 0.5) is 0 Å². The third-order valence-corrected chi connectivity index (χ3v) is 3.96. The van der Waals surface area contributed by atoms with E-state index in [1.807, 2.05) is 36.1 Å². The summed E-state index contributed by atoms with van der Waals surface area (Å²) in [7, 11) is 0. The molecule has 108 valence electrons. The second-order valence-electron chi connectivity index (χ2n) is 5.27. The largest absolute Gasteiger partial charge is 0.342 e. The van der Waals surface area contributed by atoms with Gasteiger partial charge in [-0.1, -0.05) is 24.3 Å². The molecule has 0 atom stereocenters. The van der Waals surface area contributed by atoms with Gasteiger partial charge >= 0.3 is 0 Å². The minimum Gasteiger partial charge on any atom is -0.342 e. The van der Waals surface area contributed by atoms with E-state index in [0.717, 1.165) is 11.1 Å². The molecule has 20 heavy (non-hydrogen) atoms. The van der Waals surface area contributed by atoms with E-state index in [1.165, 1.54) is 0 Å². The van der Waals surface area contributed by atoms with Crippen molar-refractivity contribution in [3.8, 4) is 0 Å². The molecule has 0 bridgehead atoms. The van der Waals surface area contributed by atoms with Crippen molar-refractivity contribution < 1.29 is 9.59 Å². The van der Waals surface area contributed by atoms with Crippen molar-refractivity contribution in [3.63, 3.8) is 0 Å². The van der Waals surface area contributed by atoms with Crippen LogP contribution in [0.3, 0.4) is 0 Å². The van der Waals surface area contributed by atoms with Crippen molar-refractivity contribution in [1.29, 1.82) is 0 Å². The highest BCUT2D eigenvalue weighted by Crippen LogP contribution is 2.18. The third-order valence-electron chi connectivity index (χ3n) is 3.96. The number of benzene rings is 1. The Balaban J connectivity index is 1.89. The molecule has 0 saturated carbocycles. The summed E-state index contributed by atoms with van der Waals surface area (Å²) in [5.41, 5.74) is 4.39. The maximum Gasteiger partial charge on any atom is 0.237 e. The molecule has 0 unspecified atom stereocenters. The molecular formula is C15H21N3O2. The molecule has 0 aliphatic carbocycles. The third kappa shape index (κ3) is 3.36. The summed E-state index contributed by atoms with van der Waals surface area (Å²) >= 11 is 0. The average molecular weight is 275 g/mol. The molecule has 0 spiro atoms. The van der Waals surface area contributed by atoms with Crippen LogP contribution in [0.25, 0.3) is 0 Å². The minimum atomic E-state index is -0.129. The summed E-state index contributed by atoms with van der Waals surface area (Å²) in [6.45, 7) is 3.27. The van der Waals surface area contributed by atoms with E-state index in [0.29, 0.717) is 32.4 Å². The highest BCUT2D eigenvalue weighted by Gasteiger charge is 2.26. The van der Waals surface area contributed by atoms with Crippen LogP contribution in [0.15, 0.2) is 24.3 Å². The van der Waals surface area contributed by atoms with Crippen molar-refractivity contribution in [1.82, 2.24) is 10.3 Å². The van der Waals surface area contributed by atoms with Crippen LogP contribution in [-0.4, -0.2) is 29.8 Å². The number of nitrogens with two attached hydrogens (primary N) is 1. The molecule has 0 aromatic heterocycles. The van der Waals surface area contributed by atoms with Crippen molar-refractivity contribution in [2.75, 3.05) is 13.1 Å². The van der Waals surface area contributed by atoms with E-state index < -0.39 is 0 Å². The first-order valence-electron chi connectivity index (χ1n) is 6.94. The number of nitrogens with one attached hydrogen (secondary N) is 1. The lowest BCUT2D eigenvalue weighted by atomic mass is 9.95. The number of likely N-dealkylation sites (tertiary alicyclic amines) is 1. The van der Waals surface area contributed by atoms with Gasteiger partial charge in [0.1, 0.15) is 0 Å². The number of hydrazine groups is 1. The summed E-state index contributed by atoms with van der Waals surface area (Å²) in [6.07, 6.45) is 1.80. The van der Waals surface area contributed by atoms with Crippen molar-refractivity contribution in [2.24, 2.45) is 11.8 Å². The normalized spacial score (nSPS) is 16.0. The Morgan fingerprint density at radius 3 is 2.55 bits per heavy atom. The minimum absolute atomic E-state index is 0.0671. The van der Waals surface area contributed by atoms with Gasteiger partial charge in [0, 0.05) is 19.0 Å². The van der Waals surface area contributed by atoms with Gasteiger partial charge in [0.05, 0.1) is 6.42 Å². The van der Waals surface area contributed by atoms with Gasteiger partial charge < -0.3 is 4.90 Å². The smallest absolute Gasteiger partial charge is 0.237 e. The number of amides is 2. The van der Waals surface area contributed by atoms with E-state index in [1.54, 1.807) is 0 Å². The Labute approximate surface area is 119 Å². The molecule has 1 aliphatic rings. The monoisotopic (exact) mass is 275 g/mol. The van der Waals surface area contributed by atoms with Gasteiger partial charge in [-0.15, -0.1) is 0 Å². The van der Waals surface area contributed by atoms with Crippen LogP contribution in [0.1, 0.15) is 24.0 Å². The highest BCUT2D eigenvalue weighted by molar-refractivity contribution is 5.81. The molecular weight excluding hydrogens is 254 g/mol. The maximum absolute atomic E-state index is 12.3. The molecule has 1 heterocycles. The molecule has 1 fully saturated rings. The second kappa shape index (κ2) is 6.52. The summed E-state index contributed by atoms with van der Waals surface area (Å²) in [5.74, 6) is 5.07. The molecule has 1 aromatic rings. The van der Waals surface area contributed by atoms with Gasteiger partial charge in [0.25, 0.3) is 0 Å². The predicted octanol–water partition coefficient (Wildman–Crippen LogP) is 0.766. The number of piperidine rings is 1. The van der Waals surface area contributed by atoms with E-state index in [4.69, 9.17) is 5.84 Å². The Bertz CT molecular complexity index is 494. The predicted molar refractivity (Wildman–Crippen MR) is 76.5 cm³/mol. The first kappa shape index (κ1) is 14.5. The summed E-state index contributed by atoms with van der Waals surface area (Å²) < 4.78 is 0. The number of hydrogen-bond acceptors (Lipinski definition) is 3. The van der Waals surface area contributed by atoms with Crippen LogP contribution < -0.4 is 11.3 Å². The number of carbonyl (C=O) groups is 2. The molecule has 5 heteroatoms. The van der Waals surface area contributed by atoms with E-state index in [9.17, 15) is 9.59 Å². The average Bonchev–Trinajstić information content (AvgIpc) is 2.49. The molecule has 1 saturated heterocycles. The van der Waals surface area contributed by atoms with Crippen LogP contribution in [0.2, 0.25) is 0 Å². The van der Waals surface area contributed by atoms with E-state index >= 15 is 0 Å². The fourth-order valence-electron chi connectivity index (χ4n) is 2.59. The Morgan fingerprint density at radius 2 is 1.95 bits per heavy atom. The highest BCUT2D eigenvalue weighted by atomic mass is 16.2.